The first-order valence-corrected chi connectivity index (χ1v) is 16.8. The number of rotatable bonds is 20. The highest BCUT2D eigenvalue weighted by atomic mass is 16.5. The largest absolute Gasteiger partial charge is 0.494 e. The van der Waals surface area contributed by atoms with Crippen LogP contribution in [0.4, 0.5) is 0 Å². The Morgan fingerprint density at radius 1 is 0.700 bits per heavy atom. The zero-order valence-corrected chi connectivity index (χ0v) is 28.7. The van der Waals surface area contributed by atoms with E-state index in [-0.39, 0.29) is 24.5 Å². The van der Waals surface area contributed by atoms with Crippen molar-refractivity contribution in [3.8, 4) is 28.4 Å². The zero-order chi connectivity index (χ0) is 35.9. The van der Waals surface area contributed by atoms with Gasteiger partial charge in [-0.25, -0.2) is 14.4 Å². The van der Waals surface area contributed by atoms with E-state index in [1.807, 2.05) is 30.3 Å². The molecule has 50 heavy (non-hydrogen) atoms. The van der Waals surface area contributed by atoms with Crippen LogP contribution in [0.2, 0.25) is 0 Å². The van der Waals surface area contributed by atoms with E-state index in [0.717, 1.165) is 59.8 Å². The maximum Gasteiger partial charge on any atom is 0.343 e. The van der Waals surface area contributed by atoms with E-state index in [1.54, 1.807) is 30.3 Å². The molecule has 4 rings (SSSR count). The van der Waals surface area contributed by atoms with Gasteiger partial charge in [-0.05, 0) is 109 Å². The molecule has 1 aliphatic carbocycles. The van der Waals surface area contributed by atoms with Gasteiger partial charge in [-0.3, -0.25) is 4.79 Å². The Bertz CT molecular complexity index is 1670. The van der Waals surface area contributed by atoms with Crippen molar-refractivity contribution in [1.29, 1.82) is 0 Å². The minimum atomic E-state index is -0.609. The number of carbonyl (C=O) groups is 4. The van der Waals surface area contributed by atoms with E-state index in [4.69, 9.17) is 23.7 Å². The molecular formula is C40H44O10. The zero-order valence-electron chi connectivity index (χ0n) is 28.7. The summed E-state index contributed by atoms with van der Waals surface area (Å²) in [5.74, 6) is -0.0692. The number of hydrogen-bond acceptors (Lipinski definition) is 10. The van der Waals surface area contributed by atoms with E-state index in [2.05, 4.69) is 24.8 Å². The van der Waals surface area contributed by atoms with E-state index in [9.17, 15) is 19.2 Å². The SMILES string of the molecule is C=CC(=O)OCCCCCCOc1ccc(OC(=O)c2ccc3c(c2)C(C)c2cc(OCCCCOC(=O)C(=C)CC(=O)OC)ccc2-3)cc1. The smallest absolute Gasteiger partial charge is 0.343 e. The number of esters is 4. The number of benzene rings is 3. The average molecular weight is 685 g/mol. The number of carbonyl (C=O) groups excluding carboxylic acids is 4. The lowest BCUT2D eigenvalue weighted by atomic mass is 9.98. The number of fused-ring (bicyclic) bond motifs is 3. The van der Waals surface area contributed by atoms with Crippen molar-refractivity contribution >= 4 is 23.9 Å². The fourth-order valence-electron chi connectivity index (χ4n) is 5.42. The van der Waals surface area contributed by atoms with Gasteiger partial charge in [0.2, 0.25) is 0 Å². The molecule has 1 unspecified atom stereocenters. The Morgan fingerprint density at radius 3 is 1.96 bits per heavy atom. The number of methoxy groups -OCH3 is 1. The Hall–Kier alpha value is -5.38. The fourth-order valence-corrected chi connectivity index (χ4v) is 5.42. The summed E-state index contributed by atoms with van der Waals surface area (Å²) in [6.45, 7) is 10.6. The standard InChI is InChI=1S/C40H44O10/c1-5-37(41)48-22-9-7-6-8-20-46-30-13-15-31(16-14-30)50-40(44)29-12-18-33-34-19-17-32(26-36(34)28(3)35(33)25-29)47-21-10-11-23-49-39(43)27(2)24-38(42)45-4/h5,12-19,25-26,28H,1-2,6-11,20-24H2,3-4H3. The summed E-state index contributed by atoms with van der Waals surface area (Å²) >= 11 is 0. The molecule has 264 valence electrons. The summed E-state index contributed by atoms with van der Waals surface area (Å²) in [5.41, 5.74) is 4.86. The van der Waals surface area contributed by atoms with Crippen LogP contribution in [0.15, 0.2) is 85.5 Å². The Morgan fingerprint density at radius 2 is 1.26 bits per heavy atom. The summed E-state index contributed by atoms with van der Waals surface area (Å²) in [7, 11) is 1.25. The summed E-state index contributed by atoms with van der Waals surface area (Å²) in [5, 5.41) is 0. The second-order valence-electron chi connectivity index (χ2n) is 11.8. The predicted molar refractivity (Wildman–Crippen MR) is 187 cm³/mol. The molecule has 3 aromatic rings. The van der Waals surface area contributed by atoms with E-state index < -0.39 is 23.9 Å². The first kappa shape index (κ1) is 37.4. The molecule has 0 aliphatic heterocycles. The van der Waals surface area contributed by atoms with Gasteiger partial charge in [0.05, 0.1) is 45.5 Å². The summed E-state index contributed by atoms with van der Waals surface area (Å²) < 4.78 is 32.1. The lowest BCUT2D eigenvalue weighted by Crippen LogP contribution is -2.13. The van der Waals surface area contributed by atoms with Crippen molar-refractivity contribution in [2.24, 2.45) is 0 Å². The second-order valence-corrected chi connectivity index (χ2v) is 11.8. The number of unbranched alkanes of at least 4 members (excludes halogenated alkanes) is 4. The van der Waals surface area contributed by atoms with E-state index in [1.165, 1.54) is 7.11 Å². The van der Waals surface area contributed by atoms with Gasteiger partial charge in [0.1, 0.15) is 17.2 Å². The van der Waals surface area contributed by atoms with Crippen LogP contribution in [0.3, 0.4) is 0 Å². The third-order valence-corrected chi connectivity index (χ3v) is 8.20. The van der Waals surface area contributed by atoms with Gasteiger partial charge in [-0.1, -0.05) is 32.2 Å². The molecule has 10 nitrogen and oxygen atoms in total. The molecule has 0 fully saturated rings. The molecule has 0 saturated carbocycles. The molecule has 0 heterocycles. The molecule has 1 atom stereocenters. The van der Waals surface area contributed by atoms with Crippen LogP contribution in [-0.4, -0.2) is 57.4 Å². The average Bonchev–Trinajstić information content (AvgIpc) is 3.41. The van der Waals surface area contributed by atoms with Crippen molar-refractivity contribution in [2.75, 3.05) is 33.5 Å². The summed E-state index contributed by atoms with van der Waals surface area (Å²) in [6, 6.07) is 18.6. The molecule has 0 amide bonds. The van der Waals surface area contributed by atoms with Gasteiger partial charge in [-0.2, -0.15) is 0 Å². The minimum Gasteiger partial charge on any atom is -0.494 e. The van der Waals surface area contributed by atoms with Gasteiger partial charge in [0.15, 0.2) is 0 Å². The van der Waals surface area contributed by atoms with Crippen LogP contribution in [0.25, 0.3) is 11.1 Å². The predicted octanol–water partition coefficient (Wildman–Crippen LogP) is 7.53. The third-order valence-electron chi connectivity index (χ3n) is 8.20. The van der Waals surface area contributed by atoms with E-state index in [0.29, 0.717) is 49.7 Å². The number of hydrogen-bond donors (Lipinski definition) is 0. The van der Waals surface area contributed by atoms with Crippen molar-refractivity contribution < 1.29 is 47.6 Å². The van der Waals surface area contributed by atoms with Crippen molar-refractivity contribution in [3.63, 3.8) is 0 Å². The van der Waals surface area contributed by atoms with Gasteiger partial charge >= 0.3 is 23.9 Å². The van der Waals surface area contributed by atoms with Crippen LogP contribution in [0, 0.1) is 0 Å². The molecule has 0 N–H and O–H groups in total. The molecule has 0 spiro atoms. The van der Waals surface area contributed by atoms with Crippen LogP contribution in [0.1, 0.15) is 79.3 Å². The van der Waals surface area contributed by atoms with Crippen LogP contribution in [-0.2, 0) is 28.6 Å². The fraction of sp³-hybridized carbons (Fsp3) is 0.350. The summed E-state index contributed by atoms with van der Waals surface area (Å²) in [4.78, 5) is 47.3. The Balaban J connectivity index is 1.19. The van der Waals surface area contributed by atoms with Crippen LogP contribution >= 0.6 is 0 Å². The molecule has 1 aliphatic rings. The molecule has 0 saturated heterocycles. The molecule has 0 radical (unpaired) electrons. The molecule has 0 bridgehead atoms. The summed E-state index contributed by atoms with van der Waals surface area (Å²) in [6.07, 6.45) is 5.82. The normalized spacial score (nSPS) is 12.6. The lowest BCUT2D eigenvalue weighted by Gasteiger charge is -2.11. The highest BCUT2D eigenvalue weighted by molar-refractivity contribution is 5.94. The highest BCUT2D eigenvalue weighted by Crippen LogP contribution is 2.46. The molecule has 3 aromatic carbocycles. The highest BCUT2D eigenvalue weighted by Gasteiger charge is 2.27. The maximum absolute atomic E-state index is 13.1. The van der Waals surface area contributed by atoms with Gasteiger partial charge in [0.25, 0.3) is 0 Å². The molecule has 10 heteroatoms. The Labute approximate surface area is 293 Å². The third kappa shape index (κ3) is 10.8. The van der Waals surface area contributed by atoms with Crippen molar-refractivity contribution in [1.82, 2.24) is 0 Å². The first-order valence-electron chi connectivity index (χ1n) is 16.8. The quantitative estimate of drug-likeness (QED) is 0.0388. The second kappa shape index (κ2) is 19.0. The van der Waals surface area contributed by atoms with Gasteiger partial charge < -0.3 is 28.4 Å². The van der Waals surface area contributed by atoms with Gasteiger partial charge in [0, 0.05) is 17.6 Å². The van der Waals surface area contributed by atoms with Crippen molar-refractivity contribution in [2.45, 2.75) is 57.8 Å². The monoisotopic (exact) mass is 684 g/mol. The first-order chi connectivity index (χ1) is 24.2. The van der Waals surface area contributed by atoms with Crippen molar-refractivity contribution in [3.05, 3.63) is 102 Å². The van der Waals surface area contributed by atoms with Crippen LogP contribution < -0.4 is 14.2 Å². The molecule has 0 aromatic heterocycles. The van der Waals surface area contributed by atoms with Crippen LogP contribution in [0.5, 0.6) is 17.2 Å². The topological polar surface area (TPSA) is 124 Å². The lowest BCUT2D eigenvalue weighted by molar-refractivity contribution is -0.144. The van der Waals surface area contributed by atoms with E-state index >= 15 is 0 Å². The Kier molecular flexibility index (Phi) is 14.2. The minimum absolute atomic E-state index is 0.0556. The molecular weight excluding hydrogens is 640 g/mol. The van der Waals surface area contributed by atoms with Gasteiger partial charge in [-0.15, -0.1) is 0 Å². The maximum atomic E-state index is 13.1. The number of ether oxygens (including phenoxy) is 6.